The first-order chi connectivity index (χ1) is 9.08. The topological polar surface area (TPSA) is 38.8 Å². The third-order valence-corrected chi connectivity index (χ3v) is 3.62. The van der Waals surface area contributed by atoms with Crippen molar-refractivity contribution in [1.29, 1.82) is 0 Å². The standard InChI is InChI=1S/C14H20INO3/c1-5-16(6-2)14(17)10-8-11(15)13(19-7-3)12(9-10)18-4/h8-9H,5-7H2,1-4H3. The van der Waals surface area contributed by atoms with Gasteiger partial charge in [-0.3, -0.25) is 4.79 Å². The largest absolute Gasteiger partial charge is 0.493 e. The summed E-state index contributed by atoms with van der Waals surface area (Å²) in [6, 6.07) is 3.59. The summed E-state index contributed by atoms with van der Waals surface area (Å²) >= 11 is 2.16. The lowest BCUT2D eigenvalue weighted by molar-refractivity contribution is 0.0772. The van der Waals surface area contributed by atoms with Crippen LogP contribution in [0.3, 0.4) is 0 Å². The number of amides is 1. The average Bonchev–Trinajstić information content (AvgIpc) is 2.42. The highest BCUT2D eigenvalue weighted by Crippen LogP contribution is 2.34. The predicted octanol–water partition coefficient (Wildman–Crippen LogP) is 3.18. The number of benzene rings is 1. The molecule has 0 N–H and O–H groups in total. The normalized spacial score (nSPS) is 10.2. The molecule has 0 aliphatic carbocycles. The van der Waals surface area contributed by atoms with Crippen LogP contribution in [-0.2, 0) is 0 Å². The van der Waals surface area contributed by atoms with E-state index >= 15 is 0 Å². The van der Waals surface area contributed by atoms with Gasteiger partial charge in [-0.15, -0.1) is 0 Å². The van der Waals surface area contributed by atoms with Crippen LogP contribution in [0, 0.1) is 3.57 Å². The van der Waals surface area contributed by atoms with Crippen LogP contribution in [0.2, 0.25) is 0 Å². The van der Waals surface area contributed by atoms with Gasteiger partial charge in [-0.05, 0) is 55.5 Å². The summed E-state index contributed by atoms with van der Waals surface area (Å²) in [7, 11) is 1.58. The van der Waals surface area contributed by atoms with Crippen molar-refractivity contribution in [3.8, 4) is 11.5 Å². The molecule has 0 fully saturated rings. The van der Waals surface area contributed by atoms with Crippen molar-refractivity contribution < 1.29 is 14.3 Å². The monoisotopic (exact) mass is 377 g/mol. The smallest absolute Gasteiger partial charge is 0.254 e. The van der Waals surface area contributed by atoms with E-state index in [-0.39, 0.29) is 5.91 Å². The van der Waals surface area contributed by atoms with Gasteiger partial charge in [-0.2, -0.15) is 0 Å². The second-order valence-electron chi connectivity index (χ2n) is 3.90. The minimum atomic E-state index is 0.0178. The van der Waals surface area contributed by atoms with Crippen molar-refractivity contribution in [3.63, 3.8) is 0 Å². The Kier molecular flexibility index (Phi) is 6.41. The van der Waals surface area contributed by atoms with E-state index in [4.69, 9.17) is 9.47 Å². The first-order valence-corrected chi connectivity index (χ1v) is 7.46. The molecule has 1 aromatic carbocycles. The second kappa shape index (κ2) is 7.57. The molecule has 1 aromatic rings. The quantitative estimate of drug-likeness (QED) is 0.715. The van der Waals surface area contributed by atoms with Crippen LogP contribution >= 0.6 is 22.6 Å². The molecule has 0 bridgehead atoms. The number of hydrogen-bond acceptors (Lipinski definition) is 3. The lowest BCUT2D eigenvalue weighted by atomic mass is 10.1. The Morgan fingerprint density at radius 3 is 2.37 bits per heavy atom. The maximum atomic E-state index is 12.3. The number of carbonyl (C=O) groups is 1. The molecule has 0 unspecified atom stereocenters. The van der Waals surface area contributed by atoms with Crippen molar-refractivity contribution in [2.24, 2.45) is 0 Å². The minimum Gasteiger partial charge on any atom is -0.493 e. The van der Waals surface area contributed by atoms with Crippen molar-refractivity contribution in [1.82, 2.24) is 4.90 Å². The van der Waals surface area contributed by atoms with E-state index < -0.39 is 0 Å². The van der Waals surface area contributed by atoms with E-state index in [1.54, 1.807) is 18.1 Å². The molecule has 0 aliphatic heterocycles. The van der Waals surface area contributed by atoms with Crippen LogP contribution in [0.5, 0.6) is 11.5 Å². The van der Waals surface area contributed by atoms with Gasteiger partial charge in [0.1, 0.15) is 0 Å². The van der Waals surface area contributed by atoms with Gasteiger partial charge < -0.3 is 14.4 Å². The van der Waals surface area contributed by atoms with Crippen molar-refractivity contribution in [2.75, 3.05) is 26.8 Å². The molecule has 0 atom stereocenters. The highest BCUT2D eigenvalue weighted by atomic mass is 127. The Labute approximate surface area is 128 Å². The number of hydrogen-bond donors (Lipinski definition) is 0. The molecule has 1 rings (SSSR count). The van der Waals surface area contributed by atoms with Crippen LogP contribution in [-0.4, -0.2) is 37.6 Å². The summed E-state index contributed by atoms with van der Waals surface area (Å²) in [5, 5.41) is 0. The molecule has 0 aromatic heterocycles. The maximum absolute atomic E-state index is 12.3. The summed E-state index contributed by atoms with van der Waals surface area (Å²) in [5.41, 5.74) is 0.633. The molecule has 0 radical (unpaired) electrons. The Bertz CT molecular complexity index is 445. The number of ether oxygens (including phenoxy) is 2. The Hall–Kier alpha value is -0.980. The maximum Gasteiger partial charge on any atom is 0.254 e. The number of rotatable bonds is 6. The zero-order valence-electron chi connectivity index (χ0n) is 11.8. The molecule has 1 amide bonds. The first kappa shape index (κ1) is 16.1. The first-order valence-electron chi connectivity index (χ1n) is 6.38. The summed E-state index contributed by atoms with van der Waals surface area (Å²) in [5.74, 6) is 1.32. The van der Waals surface area contributed by atoms with Gasteiger partial charge in [-0.25, -0.2) is 0 Å². The van der Waals surface area contributed by atoms with Gasteiger partial charge in [0.05, 0.1) is 17.3 Å². The van der Waals surface area contributed by atoms with E-state index in [2.05, 4.69) is 22.6 Å². The summed E-state index contributed by atoms with van der Waals surface area (Å²) in [6.45, 7) is 7.82. The molecule has 0 saturated heterocycles. The van der Waals surface area contributed by atoms with Gasteiger partial charge in [-0.1, -0.05) is 0 Å². The molecule has 5 heteroatoms. The fourth-order valence-corrected chi connectivity index (χ4v) is 2.58. The Morgan fingerprint density at radius 1 is 1.26 bits per heavy atom. The van der Waals surface area contributed by atoms with Crippen LogP contribution < -0.4 is 9.47 Å². The fourth-order valence-electron chi connectivity index (χ4n) is 1.82. The van der Waals surface area contributed by atoms with Crippen LogP contribution in [0.15, 0.2) is 12.1 Å². The van der Waals surface area contributed by atoms with E-state index in [1.165, 1.54) is 0 Å². The molecular weight excluding hydrogens is 357 g/mol. The molecule has 0 saturated carbocycles. The molecule has 0 spiro atoms. The Balaban J connectivity index is 3.17. The summed E-state index contributed by atoms with van der Waals surface area (Å²) in [6.07, 6.45) is 0. The van der Waals surface area contributed by atoms with Gasteiger partial charge in [0.25, 0.3) is 5.91 Å². The highest BCUT2D eigenvalue weighted by Gasteiger charge is 2.18. The van der Waals surface area contributed by atoms with Crippen molar-refractivity contribution in [3.05, 3.63) is 21.3 Å². The van der Waals surface area contributed by atoms with Gasteiger partial charge in [0, 0.05) is 18.7 Å². The molecular formula is C14H20INO3. The van der Waals surface area contributed by atoms with E-state index in [9.17, 15) is 4.79 Å². The molecule has 4 nitrogen and oxygen atoms in total. The average molecular weight is 377 g/mol. The third kappa shape index (κ3) is 3.75. The predicted molar refractivity (Wildman–Crippen MR) is 84.1 cm³/mol. The fraction of sp³-hybridized carbons (Fsp3) is 0.500. The SMILES string of the molecule is CCOc1c(I)cc(C(=O)N(CC)CC)cc1OC. The zero-order chi connectivity index (χ0) is 14.4. The molecule has 106 valence electrons. The molecule has 0 heterocycles. The van der Waals surface area contributed by atoms with Crippen molar-refractivity contribution >= 4 is 28.5 Å². The van der Waals surface area contributed by atoms with E-state index in [1.807, 2.05) is 26.8 Å². The van der Waals surface area contributed by atoms with Crippen LogP contribution in [0.25, 0.3) is 0 Å². The number of nitrogens with zero attached hydrogens (tertiary/aromatic N) is 1. The van der Waals surface area contributed by atoms with E-state index in [0.717, 1.165) is 3.57 Å². The minimum absolute atomic E-state index is 0.0178. The third-order valence-electron chi connectivity index (χ3n) is 2.82. The molecule has 0 aliphatic rings. The van der Waals surface area contributed by atoms with Gasteiger partial charge in [0.15, 0.2) is 11.5 Å². The lowest BCUT2D eigenvalue weighted by Gasteiger charge is -2.20. The van der Waals surface area contributed by atoms with Crippen molar-refractivity contribution in [2.45, 2.75) is 20.8 Å². The lowest BCUT2D eigenvalue weighted by Crippen LogP contribution is -2.30. The zero-order valence-corrected chi connectivity index (χ0v) is 14.0. The summed E-state index contributed by atoms with van der Waals surface area (Å²) in [4.78, 5) is 14.1. The Morgan fingerprint density at radius 2 is 1.89 bits per heavy atom. The summed E-state index contributed by atoms with van der Waals surface area (Å²) < 4.78 is 11.7. The van der Waals surface area contributed by atoms with Crippen LogP contribution in [0.4, 0.5) is 0 Å². The van der Waals surface area contributed by atoms with E-state index in [0.29, 0.717) is 36.8 Å². The number of halogens is 1. The van der Waals surface area contributed by atoms with Gasteiger partial charge in [0.2, 0.25) is 0 Å². The highest BCUT2D eigenvalue weighted by molar-refractivity contribution is 14.1. The number of carbonyl (C=O) groups excluding carboxylic acids is 1. The van der Waals surface area contributed by atoms with Crippen LogP contribution in [0.1, 0.15) is 31.1 Å². The number of methoxy groups -OCH3 is 1. The van der Waals surface area contributed by atoms with Gasteiger partial charge >= 0.3 is 0 Å². The second-order valence-corrected chi connectivity index (χ2v) is 5.06. The molecule has 19 heavy (non-hydrogen) atoms.